The summed E-state index contributed by atoms with van der Waals surface area (Å²) in [6, 6.07) is 0. The second kappa shape index (κ2) is 14.1. The maximum absolute atomic E-state index is 14.4. The summed E-state index contributed by atoms with van der Waals surface area (Å²) in [5.41, 5.74) is -0.589. The number of esters is 4. The molecule has 10 atom stereocenters. The van der Waals surface area contributed by atoms with E-state index in [4.69, 9.17) is 14.2 Å². The third kappa shape index (κ3) is 5.90. The average molecular weight is 637 g/mol. The predicted octanol–water partition coefficient (Wildman–Crippen LogP) is 8.76. The normalized spacial score (nSPS) is 42.9. The van der Waals surface area contributed by atoms with Gasteiger partial charge in [-0.05, 0) is 106 Å². The second-order valence-corrected chi connectivity index (χ2v) is 15.0. The highest BCUT2D eigenvalue weighted by Gasteiger charge is 2.64. The van der Waals surface area contributed by atoms with Crippen LogP contribution in [0.3, 0.4) is 0 Å². The Hall–Kier alpha value is -1.92. The second-order valence-electron chi connectivity index (χ2n) is 15.0. The molecule has 6 saturated carbocycles. The molecule has 45 heavy (non-hydrogen) atoms. The summed E-state index contributed by atoms with van der Waals surface area (Å²) >= 11 is 0. The Kier molecular flexibility index (Phi) is 12.8. The van der Waals surface area contributed by atoms with Crippen LogP contribution in [0.4, 0.5) is 0 Å². The van der Waals surface area contributed by atoms with Crippen molar-refractivity contribution >= 4 is 23.9 Å². The minimum absolute atomic E-state index is 0. The number of cyclic esters (lactones) is 3. The lowest BCUT2D eigenvalue weighted by atomic mass is 9.45. The highest BCUT2D eigenvalue weighted by atomic mass is 16.6. The van der Waals surface area contributed by atoms with Crippen molar-refractivity contribution in [2.75, 3.05) is 6.61 Å². The van der Waals surface area contributed by atoms with Gasteiger partial charge < -0.3 is 14.2 Å². The van der Waals surface area contributed by atoms with E-state index in [2.05, 4.69) is 20.8 Å². The maximum Gasteiger partial charge on any atom is 0.318 e. The molecule has 0 radical (unpaired) electrons. The number of fused-ring (bicyclic) bond motifs is 5. The fourth-order valence-corrected chi connectivity index (χ4v) is 11.6. The molecule has 2 saturated heterocycles. The van der Waals surface area contributed by atoms with Crippen molar-refractivity contribution in [2.24, 2.45) is 76.4 Å². The van der Waals surface area contributed by atoms with Crippen LogP contribution in [0, 0.1) is 76.4 Å². The van der Waals surface area contributed by atoms with Crippen LogP contribution < -0.4 is 0 Å². The van der Waals surface area contributed by atoms with Crippen molar-refractivity contribution in [1.29, 1.82) is 0 Å². The van der Waals surface area contributed by atoms with Crippen LogP contribution in [0.5, 0.6) is 0 Å². The zero-order valence-electron chi connectivity index (χ0n) is 23.9. The monoisotopic (exact) mass is 636 g/mol. The first kappa shape index (κ1) is 41.1. The van der Waals surface area contributed by atoms with Gasteiger partial charge in [0.2, 0.25) is 0 Å². The van der Waals surface area contributed by atoms with Crippen LogP contribution >= 0.6 is 0 Å². The first-order chi connectivity index (χ1) is 18.5. The Balaban J connectivity index is 0.00000169. The molecule has 0 spiro atoms. The molecule has 0 amide bonds. The van der Waals surface area contributed by atoms with Gasteiger partial charge in [-0.3, -0.25) is 19.2 Å². The molecule has 8 fully saturated rings. The highest BCUT2D eigenvalue weighted by molar-refractivity contribution is 5.98. The van der Waals surface area contributed by atoms with Gasteiger partial charge in [0.1, 0.15) is 5.60 Å². The Morgan fingerprint density at radius 2 is 1.40 bits per heavy atom. The van der Waals surface area contributed by atoms with Crippen LogP contribution in [0.25, 0.3) is 0 Å². The first-order valence-corrected chi connectivity index (χ1v) is 15.7. The maximum atomic E-state index is 14.4. The van der Waals surface area contributed by atoms with Gasteiger partial charge in [0.05, 0.1) is 30.3 Å². The van der Waals surface area contributed by atoms with Crippen LogP contribution in [0.2, 0.25) is 0 Å². The largest absolute Gasteiger partial charge is 0.465 e. The number of rotatable bonds is 7. The van der Waals surface area contributed by atoms with E-state index >= 15 is 0 Å². The van der Waals surface area contributed by atoms with E-state index < -0.39 is 35.3 Å². The predicted molar refractivity (Wildman–Crippen MR) is 180 cm³/mol. The third-order valence-corrected chi connectivity index (χ3v) is 13.4. The van der Waals surface area contributed by atoms with Crippen molar-refractivity contribution in [2.45, 2.75) is 136 Å². The zero-order valence-corrected chi connectivity index (χ0v) is 23.9. The smallest absolute Gasteiger partial charge is 0.318 e. The van der Waals surface area contributed by atoms with Gasteiger partial charge in [0.15, 0.2) is 0 Å². The molecule has 10 unspecified atom stereocenters. The van der Waals surface area contributed by atoms with Gasteiger partial charge >= 0.3 is 23.9 Å². The fraction of sp³-hybridized carbons (Fsp3) is 0.895. The summed E-state index contributed by atoms with van der Waals surface area (Å²) in [5, 5.41) is 0. The summed E-state index contributed by atoms with van der Waals surface area (Å²) < 4.78 is 17.2. The van der Waals surface area contributed by atoms with Gasteiger partial charge in [0.25, 0.3) is 0 Å². The van der Waals surface area contributed by atoms with Gasteiger partial charge in [0, 0.05) is 11.3 Å². The fourth-order valence-electron chi connectivity index (χ4n) is 11.6. The van der Waals surface area contributed by atoms with Crippen LogP contribution in [0.1, 0.15) is 130 Å². The van der Waals surface area contributed by atoms with Crippen LogP contribution in [-0.2, 0) is 33.4 Å². The van der Waals surface area contributed by atoms with Crippen molar-refractivity contribution in [3.05, 3.63) is 0 Å². The number of hydrogen-bond acceptors (Lipinski definition) is 7. The molecular weight excluding hydrogens is 568 g/mol. The molecule has 2 heterocycles. The van der Waals surface area contributed by atoms with Crippen LogP contribution in [0.15, 0.2) is 0 Å². The first-order valence-electron chi connectivity index (χ1n) is 15.7. The zero-order chi connectivity index (χ0) is 27.4. The van der Waals surface area contributed by atoms with E-state index in [0.29, 0.717) is 18.9 Å². The minimum atomic E-state index is -0.814. The lowest BCUT2D eigenvalue weighted by Crippen LogP contribution is -2.59. The van der Waals surface area contributed by atoms with Crippen LogP contribution in [-0.4, -0.2) is 36.1 Å². The molecule has 7 heteroatoms. The SMILES string of the molecule is C.C.C.C.C.C.CCC(C)(OC(=O)C(CC1C(C)C2CC1C1COC(=O)C21)C1C(=O)OC(=O)C1C)C12CC3CC(CC(C3)C1)C2. The summed E-state index contributed by atoms with van der Waals surface area (Å²) in [5.74, 6) is -0.360. The summed E-state index contributed by atoms with van der Waals surface area (Å²) in [7, 11) is 0. The standard InChI is InChI=1S/C32H44O7.6CH4/c1-5-31(4,32-11-17-6-18(12-32)8-19(7-17)13-32)39-28(34)23(25-16(3)27(33)38-30(25)36)9-20-15(2)21-10-22(20)24-14-37-29(35)26(21)24;;;;;;/h15-26H,5-14H2,1-4H3;6*1H4. The van der Waals surface area contributed by atoms with E-state index in [9.17, 15) is 19.2 Å². The van der Waals surface area contributed by atoms with Gasteiger partial charge in [-0.25, -0.2) is 0 Å². The molecule has 8 rings (SSSR count). The molecule has 0 aromatic carbocycles. The van der Waals surface area contributed by atoms with Crippen molar-refractivity contribution in [1.82, 2.24) is 0 Å². The van der Waals surface area contributed by atoms with E-state index in [1.807, 2.05) is 0 Å². The Bertz CT molecular complexity index is 1060. The van der Waals surface area contributed by atoms with E-state index in [1.165, 1.54) is 19.3 Å². The topological polar surface area (TPSA) is 96.0 Å². The molecule has 2 aliphatic heterocycles. The minimum Gasteiger partial charge on any atom is -0.465 e. The molecule has 0 aromatic heterocycles. The van der Waals surface area contributed by atoms with Crippen molar-refractivity contribution in [3.63, 3.8) is 0 Å². The van der Waals surface area contributed by atoms with Crippen molar-refractivity contribution in [3.8, 4) is 0 Å². The van der Waals surface area contributed by atoms with Gasteiger partial charge in [-0.15, -0.1) is 0 Å². The van der Waals surface area contributed by atoms with E-state index in [0.717, 1.165) is 49.9 Å². The lowest BCUT2D eigenvalue weighted by Gasteiger charge is -2.62. The van der Waals surface area contributed by atoms with Gasteiger partial charge in [-0.1, -0.05) is 65.3 Å². The molecule has 8 aliphatic rings. The molecular formula is C38H68O7. The molecule has 6 bridgehead atoms. The number of ether oxygens (including phenoxy) is 3. The quantitative estimate of drug-likeness (QED) is 0.157. The Labute approximate surface area is 275 Å². The number of carbonyl (C=O) groups is 4. The molecule has 262 valence electrons. The molecule has 6 aliphatic carbocycles. The van der Waals surface area contributed by atoms with E-state index in [-0.39, 0.29) is 91.5 Å². The van der Waals surface area contributed by atoms with E-state index in [1.54, 1.807) is 6.92 Å². The van der Waals surface area contributed by atoms with Crippen molar-refractivity contribution < 1.29 is 33.4 Å². The summed E-state index contributed by atoms with van der Waals surface area (Å²) in [4.78, 5) is 52.3. The highest BCUT2D eigenvalue weighted by Crippen LogP contribution is 2.66. The Morgan fingerprint density at radius 3 is 1.89 bits per heavy atom. The average Bonchev–Trinajstić information content (AvgIpc) is 3.59. The Morgan fingerprint density at radius 1 is 0.844 bits per heavy atom. The summed E-state index contributed by atoms with van der Waals surface area (Å²) in [6.07, 6.45) is 9.55. The number of carbonyl (C=O) groups excluding carboxylic acids is 4. The summed E-state index contributed by atoms with van der Waals surface area (Å²) in [6.45, 7) is 8.63. The van der Waals surface area contributed by atoms with Gasteiger partial charge in [-0.2, -0.15) is 0 Å². The number of hydrogen-bond donors (Lipinski definition) is 0. The molecule has 0 aromatic rings. The lowest BCUT2D eigenvalue weighted by molar-refractivity contribution is -0.211. The molecule has 7 nitrogen and oxygen atoms in total. The third-order valence-electron chi connectivity index (χ3n) is 13.4. The molecule has 0 N–H and O–H groups in total.